The molecule has 0 bridgehead atoms. The minimum absolute atomic E-state index is 0.0721. The Kier molecular flexibility index (Phi) is 8.77. The Morgan fingerprint density at radius 1 is 0.861 bits per heavy atom. The summed E-state index contributed by atoms with van der Waals surface area (Å²) in [5.74, 6) is 0.763. The van der Waals surface area contributed by atoms with E-state index in [0.717, 1.165) is 54.3 Å². The summed E-state index contributed by atoms with van der Waals surface area (Å²) in [4.78, 5) is 8.90. The number of hydrogen-bond acceptors (Lipinski definition) is 6. The molecule has 10 heteroatoms. The number of hydrogen-bond donors (Lipinski definition) is 0. The van der Waals surface area contributed by atoms with E-state index in [0.29, 0.717) is 24.8 Å². The van der Waals surface area contributed by atoms with Gasteiger partial charge >= 0.3 is 220 Å². The first-order chi connectivity index (χ1) is 17.1. The molecule has 2 aliphatic rings. The summed E-state index contributed by atoms with van der Waals surface area (Å²) >= 11 is -1.86. The molecule has 2 aromatic rings. The first-order valence-electron chi connectivity index (χ1n) is 12.3. The number of methoxy groups -OCH3 is 1. The normalized spacial score (nSPS) is 18.5. The minimum atomic E-state index is -4.72. The van der Waals surface area contributed by atoms with Crippen LogP contribution in [0.1, 0.15) is 13.8 Å². The van der Waals surface area contributed by atoms with Crippen molar-refractivity contribution in [3.8, 4) is 11.5 Å². The maximum atomic E-state index is 13.3. The van der Waals surface area contributed by atoms with Crippen molar-refractivity contribution in [3.05, 3.63) is 46.0 Å². The van der Waals surface area contributed by atoms with Gasteiger partial charge in [-0.05, 0) is 0 Å². The number of ether oxygens (including phenoxy) is 2. The van der Waals surface area contributed by atoms with Crippen LogP contribution in [0.3, 0.4) is 0 Å². The van der Waals surface area contributed by atoms with E-state index in [1.807, 2.05) is 35.2 Å². The van der Waals surface area contributed by atoms with Crippen molar-refractivity contribution in [3.63, 3.8) is 0 Å². The van der Waals surface area contributed by atoms with Crippen molar-refractivity contribution in [1.29, 1.82) is 0 Å². The molecule has 36 heavy (non-hydrogen) atoms. The Morgan fingerprint density at radius 2 is 1.53 bits per heavy atom. The summed E-state index contributed by atoms with van der Waals surface area (Å²) in [6.45, 7) is 10.8. The van der Waals surface area contributed by atoms with Gasteiger partial charge in [-0.25, -0.2) is 0 Å². The molecule has 2 aromatic carbocycles. The van der Waals surface area contributed by atoms with Gasteiger partial charge < -0.3 is 0 Å². The van der Waals surface area contributed by atoms with Gasteiger partial charge in [0.1, 0.15) is 0 Å². The van der Waals surface area contributed by atoms with Gasteiger partial charge in [-0.15, -0.1) is 0 Å². The van der Waals surface area contributed by atoms with Gasteiger partial charge in [-0.1, -0.05) is 0 Å². The van der Waals surface area contributed by atoms with Crippen molar-refractivity contribution in [1.82, 2.24) is 8.01 Å². The first kappa shape index (κ1) is 27.1. The van der Waals surface area contributed by atoms with Crippen molar-refractivity contribution < 1.29 is 22.6 Å². The SMILES string of the molecule is COc1cccc(N2CCN(I(C)c3ccc(N4CCN(C(C)C)CC4)c(OC(F)(F)F)c3)CC2)c1. The average molecular weight is 620 g/mol. The molecule has 0 saturated carbocycles. The zero-order chi connectivity index (χ0) is 25.9. The zero-order valence-electron chi connectivity index (χ0n) is 21.4. The number of piperazine rings is 2. The molecule has 6 nitrogen and oxygen atoms in total. The summed E-state index contributed by atoms with van der Waals surface area (Å²) in [6.07, 6.45) is -4.72. The number of alkyl halides is 4. The fourth-order valence-corrected chi connectivity index (χ4v) is 8.84. The van der Waals surface area contributed by atoms with E-state index < -0.39 is 26.5 Å². The van der Waals surface area contributed by atoms with Crippen molar-refractivity contribution in [2.24, 2.45) is 0 Å². The fraction of sp³-hybridized carbons (Fsp3) is 0.538. The van der Waals surface area contributed by atoms with Crippen LogP contribution in [0.2, 0.25) is 0 Å². The Bertz CT molecular complexity index is 1010. The van der Waals surface area contributed by atoms with Gasteiger partial charge in [0.25, 0.3) is 0 Å². The van der Waals surface area contributed by atoms with Crippen molar-refractivity contribution >= 4 is 31.5 Å². The number of nitrogens with zero attached hydrogens (tertiary/aromatic N) is 4. The van der Waals surface area contributed by atoms with E-state index in [4.69, 9.17) is 4.74 Å². The van der Waals surface area contributed by atoms with Crippen LogP contribution in [-0.2, 0) is 0 Å². The van der Waals surface area contributed by atoms with Gasteiger partial charge in [-0.3, -0.25) is 0 Å². The van der Waals surface area contributed by atoms with Gasteiger partial charge in [0, 0.05) is 0 Å². The predicted molar refractivity (Wildman–Crippen MR) is 147 cm³/mol. The third-order valence-corrected chi connectivity index (χ3v) is 12.3. The van der Waals surface area contributed by atoms with Crippen LogP contribution in [0.4, 0.5) is 24.5 Å². The molecule has 0 atom stereocenters. The van der Waals surface area contributed by atoms with E-state index in [9.17, 15) is 13.2 Å². The van der Waals surface area contributed by atoms with Crippen molar-refractivity contribution in [2.75, 3.05) is 74.2 Å². The van der Waals surface area contributed by atoms with Gasteiger partial charge in [0.2, 0.25) is 0 Å². The molecular weight excluding hydrogens is 584 g/mol. The number of rotatable bonds is 7. The molecule has 0 aromatic heterocycles. The van der Waals surface area contributed by atoms with Gasteiger partial charge in [0.05, 0.1) is 0 Å². The molecule has 0 unspecified atom stereocenters. The second-order valence-corrected chi connectivity index (χ2v) is 14.5. The molecule has 200 valence electrons. The first-order valence-corrected chi connectivity index (χ1v) is 16.5. The molecule has 2 saturated heterocycles. The Morgan fingerprint density at radius 3 is 2.14 bits per heavy atom. The molecule has 2 aliphatic heterocycles. The van der Waals surface area contributed by atoms with E-state index >= 15 is 0 Å². The third-order valence-electron chi connectivity index (χ3n) is 6.85. The molecule has 0 radical (unpaired) electrons. The second kappa shape index (κ2) is 11.6. The van der Waals surface area contributed by atoms with Crippen LogP contribution in [0.25, 0.3) is 0 Å². The van der Waals surface area contributed by atoms with Crippen LogP contribution in [0, 0.1) is 3.57 Å². The predicted octanol–water partition coefficient (Wildman–Crippen LogP) is 5.17. The van der Waals surface area contributed by atoms with E-state index in [-0.39, 0.29) is 5.75 Å². The molecule has 0 spiro atoms. The molecule has 2 heterocycles. The van der Waals surface area contributed by atoms with E-state index in [2.05, 4.69) is 42.5 Å². The number of halogens is 4. The molecule has 4 rings (SSSR count). The molecule has 2 fully saturated rings. The Hall–Kier alpha value is -1.92. The van der Waals surface area contributed by atoms with Crippen LogP contribution < -0.4 is 19.3 Å². The molecular formula is C26H36F3IN4O2. The summed E-state index contributed by atoms with van der Waals surface area (Å²) in [5.41, 5.74) is 1.67. The monoisotopic (exact) mass is 620 g/mol. The molecule has 0 amide bonds. The Balaban J connectivity index is 1.46. The molecule has 0 aliphatic carbocycles. The Labute approximate surface area is 219 Å². The van der Waals surface area contributed by atoms with Crippen molar-refractivity contribution in [2.45, 2.75) is 26.3 Å². The van der Waals surface area contributed by atoms with E-state index in [1.54, 1.807) is 13.2 Å². The topological polar surface area (TPSA) is 31.4 Å². The zero-order valence-corrected chi connectivity index (χ0v) is 23.6. The summed E-state index contributed by atoms with van der Waals surface area (Å²) in [7, 11) is 1.67. The summed E-state index contributed by atoms with van der Waals surface area (Å²) in [6, 6.07) is 14.0. The van der Waals surface area contributed by atoms with Crippen LogP contribution in [-0.4, -0.2) is 84.8 Å². The summed E-state index contributed by atoms with van der Waals surface area (Å²) in [5, 5.41) is 0. The average Bonchev–Trinajstić information content (AvgIpc) is 2.87. The maximum absolute atomic E-state index is 13.3. The van der Waals surface area contributed by atoms with Crippen LogP contribution in [0.5, 0.6) is 11.5 Å². The number of benzene rings is 2. The van der Waals surface area contributed by atoms with Gasteiger partial charge in [0.15, 0.2) is 0 Å². The summed E-state index contributed by atoms with van der Waals surface area (Å²) < 4.78 is 53.4. The quantitative estimate of drug-likeness (QED) is 0.242. The van der Waals surface area contributed by atoms with Crippen LogP contribution in [0.15, 0.2) is 42.5 Å². The second-order valence-electron chi connectivity index (χ2n) is 9.32. The van der Waals surface area contributed by atoms with E-state index in [1.165, 1.54) is 0 Å². The third kappa shape index (κ3) is 6.69. The van der Waals surface area contributed by atoms with Crippen LogP contribution >= 0.6 is 20.1 Å². The standard InChI is InChI=1S/C26H36F3IN4O2/c1-20(2)31-10-12-33(13-11-31)24-9-8-21(18-25(24)36-26(27,28)29)30(3)34-16-14-32(15-17-34)22-6-5-7-23(19-22)35-4/h5-9,18-20H,10-17H2,1-4H3. The fourth-order valence-electron chi connectivity index (χ4n) is 4.74. The molecule has 0 N–H and O–H groups in total. The number of anilines is 2. The van der Waals surface area contributed by atoms with Gasteiger partial charge in [-0.2, -0.15) is 0 Å².